The van der Waals surface area contributed by atoms with Gasteiger partial charge in [-0.3, -0.25) is 4.79 Å². The van der Waals surface area contributed by atoms with E-state index in [4.69, 9.17) is 4.52 Å². The first-order valence-corrected chi connectivity index (χ1v) is 7.96. The van der Waals surface area contributed by atoms with E-state index < -0.39 is 0 Å². The summed E-state index contributed by atoms with van der Waals surface area (Å²) < 4.78 is 5.10. The number of amides is 1. The molecule has 1 saturated heterocycles. The molecule has 1 aromatic carbocycles. The molecule has 0 radical (unpaired) electrons. The average Bonchev–Trinajstić information content (AvgIpc) is 3.10. The van der Waals surface area contributed by atoms with Gasteiger partial charge < -0.3 is 14.4 Å². The molecule has 118 valence electrons. The second-order valence-electron chi connectivity index (χ2n) is 6.22. The number of carbonyl (C=O) groups is 1. The maximum absolute atomic E-state index is 12.3. The third-order valence-electron chi connectivity index (χ3n) is 4.58. The van der Waals surface area contributed by atoms with Crippen LogP contribution in [0.5, 0.6) is 0 Å². The third-order valence-corrected chi connectivity index (χ3v) is 4.58. The highest BCUT2D eigenvalue weighted by molar-refractivity contribution is 5.84. The number of aromatic amines is 1. The molecule has 1 N–H and O–H groups in total. The van der Waals surface area contributed by atoms with E-state index in [0.717, 1.165) is 36.5 Å². The molecule has 0 unspecified atom stereocenters. The van der Waals surface area contributed by atoms with Crippen LogP contribution >= 0.6 is 0 Å². The molecule has 0 spiro atoms. The molecule has 0 aliphatic carbocycles. The number of para-hydroxylation sites is 1. The summed E-state index contributed by atoms with van der Waals surface area (Å²) in [6.07, 6.45) is 3.33. The fourth-order valence-corrected chi connectivity index (χ4v) is 3.19. The van der Waals surface area contributed by atoms with Gasteiger partial charge >= 0.3 is 0 Å². The molecule has 2 aromatic heterocycles. The van der Waals surface area contributed by atoms with Crippen LogP contribution in [0.15, 0.2) is 41.1 Å². The van der Waals surface area contributed by atoms with E-state index in [1.54, 1.807) is 0 Å². The number of aromatic nitrogens is 2. The van der Waals surface area contributed by atoms with Crippen molar-refractivity contribution in [3.63, 3.8) is 0 Å². The van der Waals surface area contributed by atoms with Crippen LogP contribution in [0.25, 0.3) is 10.9 Å². The molecule has 5 heteroatoms. The number of H-pyrrole nitrogens is 1. The molecule has 23 heavy (non-hydrogen) atoms. The van der Waals surface area contributed by atoms with Crippen molar-refractivity contribution in [3.8, 4) is 0 Å². The number of nitrogens with zero attached hydrogens (tertiary/aromatic N) is 2. The van der Waals surface area contributed by atoms with Crippen LogP contribution in [0.1, 0.15) is 29.4 Å². The monoisotopic (exact) mass is 309 g/mol. The Kier molecular flexibility index (Phi) is 3.41. The standard InChI is InChI=1S/C18H19N3O2/c1-12-8-17(20-23-12)14-10-21(11-14)18(22)7-6-13-9-19-16-5-3-2-4-15(13)16/h2-5,8-9,14,19H,6-7,10-11H2,1H3. The zero-order valence-corrected chi connectivity index (χ0v) is 13.1. The summed E-state index contributed by atoms with van der Waals surface area (Å²) in [4.78, 5) is 17.5. The zero-order chi connectivity index (χ0) is 15.8. The van der Waals surface area contributed by atoms with Crippen molar-refractivity contribution < 1.29 is 9.32 Å². The highest BCUT2D eigenvalue weighted by Gasteiger charge is 2.33. The number of fused-ring (bicyclic) bond motifs is 1. The molecule has 4 rings (SSSR count). The third kappa shape index (κ3) is 2.63. The van der Waals surface area contributed by atoms with Crippen LogP contribution in [0.3, 0.4) is 0 Å². The predicted octanol–water partition coefficient (Wildman–Crippen LogP) is 3.02. The van der Waals surface area contributed by atoms with Gasteiger partial charge in [0.2, 0.25) is 5.91 Å². The van der Waals surface area contributed by atoms with Gasteiger partial charge in [0.05, 0.1) is 5.69 Å². The SMILES string of the molecule is Cc1cc(C2CN(C(=O)CCc3c[nH]c4ccccc34)C2)no1. The first-order chi connectivity index (χ1) is 11.2. The number of rotatable bonds is 4. The number of benzene rings is 1. The van der Waals surface area contributed by atoms with Gasteiger partial charge in [0, 0.05) is 48.6 Å². The van der Waals surface area contributed by atoms with E-state index >= 15 is 0 Å². The summed E-state index contributed by atoms with van der Waals surface area (Å²) in [5, 5.41) is 5.24. The Bertz CT molecular complexity index is 843. The highest BCUT2D eigenvalue weighted by Crippen LogP contribution is 2.27. The minimum Gasteiger partial charge on any atom is -0.361 e. The Morgan fingerprint density at radius 2 is 2.22 bits per heavy atom. The minimum atomic E-state index is 0.215. The average molecular weight is 309 g/mol. The maximum Gasteiger partial charge on any atom is 0.222 e. The molecule has 1 fully saturated rings. The van der Waals surface area contributed by atoms with Crippen LogP contribution in [-0.2, 0) is 11.2 Å². The lowest BCUT2D eigenvalue weighted by Crippen LogP contribution is -2.48. The summed E-state index contributed by atoms with van der Waals surface area (Å²) in [5.41, 5.74) is 3.29. The van der Waals surface area contributed by atoms with E-state index in [-0.39, 0.29) is 5.91 Å². The fraction of sp³-hybridized carbons (Fsp3) is 0.333. The lowest BCUT2D eigenvalue weighted by Gasteiger charge is -2.38. The van der Waals surface area contributed by atoms with Crippen LogP contribution < -0.4 is 0 Å². The van der Waals surface area contributed by atoms with Gasteiger partial charge in [-0.15, -0.1) is 0 Å². The van der Waals surface area contributed by atoms with E-state index in [1.165, 1.54) is 10.9 Å². The Labute approximate surface area is 134 Å². The molecule has 0 bridgehead atoms. The Balaban J connectivity index is 1.33. The Morgan fingerprint density at radius 1 is 1.39 bits per heavy atom. The summed E-state index contributed by atoms with van der Waals surface area (Å²) in [7, 11) is 0. The van der Waals surface area contributed by atoms with Crippen molar-refractivity contribution in [1.29, 1.82) is 0 Å². The first-order valence-electron chi connectivity index (χ1n) is 7.96. The molecule has 3 aromatic rings. The molecule has 0 saturated carbocycles. The zero-order valence-electron chi connectivity index (χ0n) is 13.1. The van der Waals surface area contributed by atoms with Crippen molar-refractivity contribution in [2.75, 3.05) is 13.1 Å². The molecule has 5 nitrogen and oxygen atoms in total. The second kappa shape index (κ2) is 5.57. The van der Waals surface area contributed by atoms with Gasteiger partial charge in [-0.2, -0.15) is 0 Å². The topological polar surface area (TPSA) is 62.1 Å². The van der Waals surface area contributed by atoms with Crippen molar-refractivity contribution in [3.05, 3.63) is 53.5 Å². The smallest absolute Gasteiger partial charge is 0.222 e. The molecular weight excluding hydrogens is 290 g/mol. The van der Waals surface area contributed by atoms with Crippen LogP contribution in [-0.4, -0.2) is 34.0 Å². The molecule has 1 aliphatic rings. The molecule has 1 aliphatic heterocycles. The lowest BCUT2D eigenvalue weighted by molar-refractivity contribution is -0.135. The van der Waals surface area contributed by atoms with Crippen molar-refractivity contribution >= 4 is 16.8 Å². The number of hydrogen-bond donors (Lipinski definition) is 1. The van der Waals surface area contributed by atoms with Crippen LogP contribution in [0, 0.1) is 6.92 Å². The summed E-state index contributed by atoms with van der Waals surface area (Å²) in [6.45, 7) is 3.39. The Morgan fingerprint density at radius 3 is 3.00 bits per heavy atom. The minimum absolute atomic E-state index is 0.215. The number of hydrogen-bond acceptors (Lipinski definition) is 3. The van der Waals surface area contributed by atoms with E-state index in [0.29, 0.717) is 12.3 Å². The van der Waals surface area contributed by atoms with Gasteiger partial charge in [0.25, 0.3) is 0 Å². The van der Waals surface area contributed by atoms with E-state index in [1.807, 2.05) is 36.2 Å². The van der Waals surface area contributed by atoms with Crippen molar-refractivity contribution in [2.24, 2.45) is 0 Å². The van der Waals surface area contributed by atoms with Gasteiger partial charge in [-0.25, -0.2) is 0 Å². The summed E-state index contributed by atoms with van der Waals surface area (Å²) in [6, 6.07) is 10.2. The van der Waals surface area contributed by atoms with Crippen molar-refractivity contribution in [2.45, 2.75) is 25.7 Å². The largest absolute Gasteiger partial charge is 0.361 e. The molecule has 3 heterocycles. The normalized spacial score (nSPS) is 15.1. The van der Waals surface area contributed by atoms with Gasteiger partial charge in [0.1, 0.15) is 5.76 Å². The van der Waals surface area contributed by atoms with Gasteiger partial charge in [0.15, 0.2) is 0 Å². The molecule has 1 amide bonds. The number of carbonyl (C=O) groups excluding carboxylic acids is 1. The van der Waals surface area contributed by atoms with Gasteiger partial charge in [-0.05, 0) is 25.0 Å². The summed E-state index contributed by atoms with van der Waals surface area (Å²) >= 11 is 0. The van der Waals surface area contributed by atoms with Crippen LogP contribution in [0.4, 0.5) is 0 Å². The maximum atomic E-state index is 12.3. The first kappa shape index (κ1) is 14.1. The molecule has 0 atom stereocenters. The fourth-order valence-electron chi connectivity index (χ4n) is 3.19. The van der Waals surface area contributed by atoms with E-state index in [9.17, 15) is 4.79 Å². The van der Waals surface area contributed by atoms with Crippen LogP contribution in [0.2, 0.25) is 0 Å². The quantitative estimate of drug-likeness (QED) is 0.806. The molecular formula is C18H19N3O2. The Hall–Kier alpha value is -2.56. The van der Waals surface area contributed by atoms with Crippen molar-refractivity contribution in [1.82, 2.24) is 15.0 Å². The number of nitrogens with one attached hydrogen (secondary N) is 1. The van der Waals surface area contributed by atoms with Gasteiger partial charge in [-0.1, -0.05) is 23.4 Å². The second-order valence-corrected chi connectivity index (χ2v) is 6.22. The predicted molar refractivity (Wildman–Crippen MR) is 87.2 cm³/mol. The lowest BCUT2D eigenvalue weighted by atomic mass is 9.95. The van der Waals surface area contributed by atoms with E-state index in [2.05, 4.69) is 22.3 Å². The summed E-state index contributed by atoms with van der Waals surface area (Å²) in [5.74, 6) is 1.36. The number of aryl methyl sites for hydroxylation is 2. The highest BCUT2D eigenvalue weighted by atomic mass is 16.5. The number of likely N-dealkylation sites (tertiary alicyclic amines) is 1.